The van der Waals surface area contributed by atoms with Crippen LogP contribution in [0.3, 0.4) is 0 Å². The molecule has 164 valence electrons. The van der Waals surface area contributed by atoms with Crippen LogP contribution in [-0.4, -0.2) is 31.6 Å². The number of rotatable bonds is 6. The largest absolute Gasteiger partial charge is 0.460 e. The van der Waals surface area contributed by atoms with Crippen LogP contribution in [0.15, 0.2) is 24.3 Å². The first-order valence-corrected chi connectivity index (χ1v) is 9.77. The quantitative estimate of drug-likeness (QED) is 0.409. The van der Waals surface area contributed by atoms with Gasteiger partial charge in [-0.3, -0.25) is 14.9 Å². The van der Waals surface area contributed by atoms with Crippen LogP contribution in [0.2, 0.25) is 0 Å². The molecule has 29 heavy (non-hydrogen) atoms. The molecule has 0 spiro atoms. The van der Waals surface area contributed by atoms with Gasteiger partial charge in [0, 0.05) is 12.1 Å². The highest BCUT2D eigenvalue weighted by Gasteiger charge is 2.59. The van der Waals surface area contributed by atoms with E-state index in [1.54, 1.807) is 0 Å². The smallest absolute Gasteiger partial charge is 0.412 e. The number of nitro benzene ring substituents is 1. The van der Waals surface area contributed by atoms with Gasteiger partial charge in [0.05, 0.1) is 27.1 Å². The molecule has 1 N–H and O–H groups in total. The summed E-state index contributed by atoms with van der Waals surface area (Å²) >= 11 is 0. The maximum absolute atomic E-state index is 14.3. The van der Waals surface area contributed by atoms with Crippen LogP contribution < -0.4 is 4.72 Å². The highest BCUT2D eigenvalue weighted by atomic mass is 32.2. The number of halogens is 3. The van der Waals surface area contributed by atoms with Gasteiger partial charge in [0.15, 0.2) is 5.54 Å². The number of nitro groups is 1. The van der Waals surface area contributed by atoms with E-state index in [1.165, 1.54) is 41.5 Å². The van der Waals surface area contributed by atoms with Gasteiger partial charge in [-0.2, -0.15) is 13.2 Å². The molecular formula is C18H25F3N2O5S. The van der Waals surface area contributed by atoms with Crippen LogP contribution in [-0.2, 0) is 26.1 Å². The van der Waals surface area contributed by atoms with Crippen molar-refractivity contribution in [2.24, 2.45) is 0 Å². The minimum Gasteiger partial charge on any atom is -0.460 e. The van der Waals surface area contributed by atoms with Crippen molar-refractivity contribution >= 4 is 22.6 Å². The van der Waals surface area contributed by atoms with Crippen LogP contribution in [0.5, 0.6) is 0 Å². The molecule has 0 bridgehead atoms. The number of esters is 1. The number of hydrogen-bond acceptors (Lipinski definition) is 5. The van der Waals surface area contributed by atoms with E-state index in [2.05, 4.69) is 4.72 Å². The number of carbonyl (C=O) groups excluding carboxylic acids is 1. The second-order valence-electron chi connectivity index (χ2n) is 8.45. The summed E-state index contributed by atoms with van der Waals surface area (Å²) in [5.41, 5.74) is -5.01. The first-order valence-electron chi connectivity index (χ1n) is 8.62. The lowest BCUT2D eigenvalue weighted by Gasteiger charge is -2.38. The summed E-state index contributed by atoms with van der Waals surface area (Å²) < 4.78 is 61.6. The molecule has 0 aromatic heterocycles. The Kier molecular flexibility index (Phi) is 7.24. The Balaban J connectivity index is 3.59. The van der Waals surface area contributed by atoms with Crippen molar-refractivity contribution in [2.75, 3.05) is 0 Å². The molecule has 0 aliphatic carbocycles. The zero-order valence-electron chi connectivity index (χ0n) is 17.0. The fraction of sp³-hybridized carbons (Fsp3) is 0.611. The minimum atomic E-state index is -5.07. The fourth-order valence-corrected chi connectivity index (χ4v) is 3.22. The summed E-state index contributed by atoms with van der Waals surface area (Å²) in [5, 5.41) is 10.8. The highest BCUT2D eigenvalue weighted by Crippen LogP contribution is 2.43. The molecule has 0 amide bonds. The lowest BCUT2D eigenvalue weighted by Crippen LogP contribution is -2.58. The van der Waals surface area contributed by atoms with Gasteiger partial charge in [0.1, 0.15) is 5.60 Å². The van der Waals surface area contributed by atoms with E-state index in [4.69, 9.17) is 4.74 Å². The standard InChI is InChI=1S/C18H25F3N2O5S/c1-15(2,3)28-14(24)11-17(18(19,20)21,22-29(27)16(4,5)6)12-7-9-13(10-8-12)23(25)26/h7-10,22H,11H2,1-6H3/t17-,29-/m0/s1. The first-order chi connectivity index (χ1) is 12.9. The third-order valence-corrected chi connectivity index (χ3v) is 5.35. The maximum atomic E-state index is 14.3. The summed E-state index contributed by atoms with van der Waals surface area (Å²) in [5.74, 6) is -1.16. The summed E-state index contributed by atoms with van der Waals surface area (Å²) in [7, 11) is -2.22. The molecule has 7 nitrogen and oxygen atoms in total. The summed E-state index contributed by atoms with van der Waals surface area (Å²) in [6, 6.07) is 3.57. The Morgan fingerprint density at radius 3 is 1.93 bits per heavy atom. The van der Waals surface area contributed by atoms with E-state index in [0.717, 1.165) is 24.3 Å². The maximum Gasteiger partial charge on any atom is 0.412 e. The van der Waals surface area contributed by atoms with Crippen molar-refractivity contribution < 1.29 is 31.8 Å². The van der Waals surface area contributed by atoms with Gasteiger partial charge in [-0.1, -0.05) is 0 Å². The SMILES string of the molecule is CC(C)(C)OC(=O)C[C@](N[S@@](=O)C(C)(C)C)(c1ccc([N+](=O)[O-])cc1)C(F)(F)F. The van der Waals surface area contributed by atoms with Crippen LogP contribution in [0.1, 0.15) is 53.5 Å². The average Bonchev–Trinajstić information content (AvgIpc) is 2.50. The van der Waals surface area contributed by atoms with Gasteiger partial charge >= 0.3 is 12.1 Å². The molecule has 2 atom stereocenters. The molecule has 0 unspecified atom stereocenters. The summed E-state index contributed by atoms with van der Waals surface area (Å²) in [4.78, 5) is 22.4. The predicted octanol–water partition coefficient (Wildman–Crippen LogP) is 4.14. The molecule has 11 heteroatoms. The van der Waals surface area contributed by atoms with Gasteiger partial charge in [0.25, 0.3) is 5.69 Å². The van der Waals surface area contributed by atoms with E-state index >= 15 is 0 Å². The van der Waals surface area contributed by atoms with Gasteiger partial charge in [-0.05, 0) is 59.2 Å². The highest BCUT2D eigenvalue weighted by molar-refractivity contribution is 7.84. The van der Waals surface area contributed by atoms with E-state index in [-0.39, 0.29) is 0 Å². The number of carbonyl (C=O) groups is 1. The topological polar surface area (TPSA) is 98.5 Å². The Morgan fingerprint density at radius 2 is 1.59 bits per heavy atom. The molecule has 0 radical (unpaired) electrons. The second kappa shape index (κ2) is 8.39. The second-order valence-corrected chi connectivity index (χ2v) is 10.4. The van der Waals surface area contributed by atoms with Gasteiger partial charge < -0.3 is 4.74 Å². The number of alkyl halides is 3. The Labute approximate surface area is 169 Å². The number of nitrogens with zero attached hydrogens (tertiary/aromatic N) is 1. The van der Waals surface area contributed by atoms with Crippen molar-refractivity contribution in [1.82, 2.24) is 4.72 Å². The average molecular weight is 438 g/mol. The molecule has 0 heterocycles. The third kappa shape index (κ3) is 6.49. The molecule has 0 saturated heterocycles. The molecule has 1 aromatic rings. The molecular weight excluding hydrogens is 413 g/mol. The molecule has 0 aliphatic rings. The lowest BCUT2D eigenvalue weighted by atomic mass is 9.86. The molecule has 1 rings (SSSR count). The lowest BCUT2D eigenvalue weighted by molar-refractivity contribution is -0.384. The van der Waals surface area contributed by atoms with Crippen LogP contribution in [0, 0.1) is 10.1 Å². The van der Waals surface area contributed by atoms with Gasteiger partial charge in [-0.15, -0.1) is 0 Å². The van der Waals surface area contributed by atoms with Gasteiger partial charge in [-0.25, -0.2) is 8.93 Å². The number of nitrogens with one attached hydrogen (secondary N) is 1. The molecule has 0 aliphatic heterocycles. The van der Waals surface area contributed by atoms with Crippen LogP contribution in [0.4, 0.5) is 18.9 Å². The molecule has 0 saturated carbocycles. The van der Waals surface area contributed by atoms with E-state index in [1.807, 2.05) is 0 Å². The van der Waals surface area contributed by atoms with E-state index < -0.39 is 61.6 Å². The first kappa shape index (κ1) is 25.0. The Morgan fingerprint density at radius 1 is 1.10 bits per heavy atom. The monoisotopic (exact) mass is 438 g/mol. The molecule has 1 aromatic carbocycles. The van der Waals surface area contributed by atoms with E-state index in [0.29, 0.717) is 0 Å². The van der Waals surface area contributed by atoms with Crippen molar-refractivity contribution in [1.29, 1.82) is 0 Å². The van der Waals surface area contributed by atoms with Crippen LogP contribution in [0.25, 0.3) is 0 Å². The minimum absolute atomic E-state index is 0.418. The number of non-ortho nitro benzene ring substituents is 1. The number of ether oxygens (including phenoxy) is 1. The normalized spacial score (nSPS) is 16.0. The fourth-order valence-electron chi connectivity index (χ4n) is 2.29. The third-order valence-electron chi connectivity index (χ3n) is 3.71. The summed E-state index contributed by atoms with van der Waals surface area (Å²) in [6.07, 6.45) is -6.27. The van der Waals surface area contributed by atoms with Crippen LogP contribution >= 0.6 is 0 Å². The zero-order valence-corrected chi connectivity index (χ0v) is 17.9. The number of benzene rings is 1. The van der Waals surface area contributed by atoms with Crippen molar-refractivity contribution in [2.45, 2.75) is 70.0 Å². The van der Waals surface area contributed by atoms with E-state index in [9.17, 15) is 32.3 Å². The van der Waals surface area contributed by atoms with Crippen molar-refractivity contribution in [3.63, 3.8) is 0 Å². The molecule has 0 fully saturated rings. The Bertz CT molecular complexity index is 783. The Hall–Kier alpha value is -2.01. The number of hydrogen-bond donors (Lipinski definition) is 1. The summed E-state index contributed by atoms with van der Waals surface area (Å²) in [6.45, 7) is 8.94. The van der Waals surface area contributed by atoms with Crippen molar-refractivity contribution in [3.8, 4) is 0 Å². The van der Waals surface area contributed by atoms with Gasteiger partial charge in [0.2, 0.25) is 0 Å². The zero-order chi connectivity index (χ0) is 22.8. The van der Waals surface area contributed by atoms with Crippen molar-refractivity contribution in [3.05, 3.63) is 39.9 Å². The predicted molar refractivity (Wildman–Crippen MR) is 102 cm³/mol.